The van der Waals surface area contributed by atoms with E-state index in [1.807, 2.05) is 37.4 Å². The van der Waals surface area contributed by atoms with Gasteiger partial charge in [-0.15, -0.1) is 11.8 Å². The van der Waals surface area contributed by atoms with Crippen LogP contribution < -0.4 is 4.31 Å². The van der Waals surface area contributed by atoms with E-state index in [1.165, 1.54) is 16.2 Å². The Morgan fingerprint density at radius 3 is 2.00 bits per heavy atom. The summed E-state index contributed by atoms with van der Waals surface area (Å²) in [5.74, 6) is -0.121. The summed E-state index contributed by atoms with van der Waals surface area (Å²) in [6, 6.07) is 21.5. The Balaban J connectivity index is 1.72. The van der Waals surface area contributed by atoms with Gasteiger partial charge in [0.05, 0.1) is 10.6 Å². The zero-order chi connectivity index (χ0) is 22.6. The fraction of sp³-hybridized carbons (Fsp3) is 0.208. The topological polar surface area (TPSA) is 57.7 Å². The molecule has 31 heavy (non-hydrogen) atoms. The Labute approximate surface area is 188 Å². The van der Waals surface area contributed by atoms with Crippen LogP contribution in [0.5, 0.6) is 0 Å². The second-order valence-corrected chi connectivity index (χ2v) is 10.2. The molecule has 1 amide bonds. The van der Waals surface area contributed by atoms with Gasteiger partial charge >= 0.3 is 0 Å². The highest BCUT2D eigenvalue weighted by molar-refractivity contribution is 7.98. The lowest BCUT2D eigenvalue weighted by molar-refractivity contribution is 0.0785. The normalized spacial score (nSPS) is 11.2. The van der Waals surface area contributed by atoms with Crippen molar-refractivity contribution in [3.05, 3.63) is 89.5 Å². The van der Waals surface area contributed by atoms with Gasteiger partial charge in [-0.05, 0) is 67.3 Å². The Bertz CT molecular complexity index is 1140. The molecule has 0 unspecified atom stereocenters. The van der Waals surface area contributed by atoms with Crippen LogP contribution in [0.4, 0.5) is 5.69 Å². The number of sulfonamides is 1. The Kier molecular flexibility index (Phi) is 7.08. The number of hydrogen-bond acceptors (Lipinski definition) is 4. The fourth-order valence-corrected chi connectivity index (χ4v) is 4.72. The number of nitrogens with zero attached hydrogens (tertiary/aromatic N) is 2. The van der Waals surface area contributed by atoms with Crippen LogP contribution in [0.3, 0.4) is 0 Å². The van der Waals surface area contributed by atoms with Gasteiger partial charge in [-0.3, -0.25) is 9.10 Å². The lowest BCUT2D eigenvalue weighted by Gasteiger charge is -2.21. The maximum absolute atomic E-state index is 12.9. The molecule has 0 aromatic heterocycles. The van der Waals surface area contributed by atoms with Crippen LogP contribution in [0.25, 0.3) is 0 Å². The Hall–Kier alpha value is -2.77. The van der Waals surface area contributed by atoms with E-state index >= 15 is 0 Å². The summed E-state index contributed by atoms with van der Waals surface area (Å²) in [6.45, 7) is 2.41. The molecule has 5 nitrogen and oxygen atoms in total. The van der Waals surface area contributed by atoms with Crippen molar-refractivity contribution in [1.82, 2.24) is 4.90 Å². The van der Waals surface area contributed by atoms with Crippen LogP contribution in [0.15, 0.2) is 82.6 Å². The van der Waals surface area contributed by atoms with Crippen LogP contribution in [0, 0.1) is 6.92 Å². The highest BCUT2D eigenvalue weighted by Gasteiger charge is 2.21. The van der Waals surface area contributed by atoms with Gasteiger partial charge < -0.3 is 4.90 Å². The van der Waals surface area contributed by atoms with Crippen molar-refractivity contribution < 1.29 is 13.2 Å². The molecule has 0 bridgehead atoms. The molecule has 3 rings (SSSR count). The number of aryl methyl sites for hydroxylation is 1. The monoisotopic (exact) mass is 454 g/mol. The SMILES string of the molecule is CSc1ccc(CN(C)C(=O)c2ccc(N(C)S(=O)(=O)c3ccc(C)cc3)cc2)cc1. The van der Waals surface area contributed by atoms with Crippen molar-refractivity contribution in [3.8, 4) is 0 Å². The number of carbonyl (C=O) groups is 1. The van der Waals surface area contributed by atoms with Crippen LogP contribution in [0.2, 0.25) is 0 Å². The smallest absolute Gasteiger partial charge is 0.264 e. The average molecular weight is 455 g/mol. The first kappa shape index (κ1) is 22.9. The zero-order valence-electron chi connectivity index (χ0n) is 18.1. The summed E-state index contributed by atoms with van der Waals surface area (Å²) < 4.78 is 27.0. The predicted molar refractivity (Wildman–Crippen MR) is 127 cm³/mol. The van der Waals surface area contributed by atoms with Crippen molar-refractivity contribution in [2.45, 2.75) is 23.3 Å². The lowest BCUT2D eigenvalue weighted by Crippen LogP contribution is -2.27. The standard InChI is InChI=1S/C24H26N2O3S2/c1-18-5-15-23(16-6-18)31(28,29)26(3)21-11-9-20(10-12-21)24(27)25(2)17-19-7-13-22(30-4)14-8-19/h5-16H,17H2,1-4H3. The molecule has 3 aromatic rings. The summed E-state index contributed by atoms with van der Waals surface area (Å²) in [7, 11) is -0.401. The van der Waals surface area contributed by atoms with Crippen molar-refractivity contribution in [3.63, 3.8) is 0 Å². The van der Waals surface area contributed by atoms with Crippen LogP contribution in [-0.4, -0.2) is 39.6 Å². The Morgan fingerprint density at radius 2 is 1.45 bits per heavy atom. The largest absolute Gasteiger partial charge is 0.337 e. The van der Waals surface area contributed by atoms with E-state index in [-0.39, 0.29) is 10.8 Å². The number of hydrogen-bond donors (Lipinski definition) is 0. The molecule has 0 N–H and O–H groups in total. The highest BCUT2D eigenvalue weighted by Crippen LogP contribution is 2.23. The van der Waals surface area contributed by atoms with Gasteiger partial charge in [-0.1, -0.05) is 29.8 Å². The third kappa shape index (κ3) is 5.29. The van der Waals surface area contributed by atoms with E-state index in [4.69, 9.17) is 0 Å². The van der Waals surface area contributed by atoms with Crippen molar-refractivity contribution in [2.75, 3.05) is 24.7 Å². The molecule has 0 aliphatic carbocycles. The molecule has 0 aliphatic heterocycles. The van der Waals surface area contributed by atoms with E-state index in [2.05, 4.69) is 0 Å². The van der Waals surface area contributed by atoms with Crippen LogP contribution >= 0.6 is 11.8 Å². The maximum atomic E-state index is 12.9. The van der Waals surface area contributed by atoms with Crippen molar-refractivity contribution >= 4 is 33.4 Å². The van der Waals surface area contributed by atoms with Gasteiger partial charge in [-0.2, -0.15) is 0 Å². The van der Waals surface area contributed by atoms with Gasteiger partial charge in [0.25, 0.3) is 15.9 Å². The van der Waals surface area contributed by atoms with Gasteiger partial charge in [0.1, 0.15) is 0 Å². The van der Waals surface area contributed by atoms with E-state index in [0.29, 0.717) is 17.8 Å². The summed E-state index contributed by atoms with van der Waals surface area (Å²) in [6.07, 6.45) is 2.03. The molecule has 3 aromatic carbocycles. The zero-order valence-corrected chi connectivity index (χ0v) is 19.7. The third-order valence-corrected chi connectivity index (χ3v) is 7.63. The molecule has 0 spiro atoms. The number of thioether (sulfide) groups is 1. The molecule has 7 heteroatoms. The predicted octanol–water partition coefficient (Wildman–Crippen LogP) is 4.81. The lowest BCUT2D eigenvalue weighted by atomic mass is 10.1. The number of carbonyl (C=O) groups excluding carboxylic acids is 1. The third-order valence-electron chi connectivity index (χ3n) is 5.08. The van der Waals surface area contributed by atoms with E-state index in [1.54, 1.807) is 72.2 Å². The van der Waals surface area contributed by atoms with E-state index in [0.717, 1.165) is 11.1 Å². The quantitative estimate of drug-likeness (QED) is 0.481. The minimum atomic E-state index is -3.67. The summed E-state index contributed by atoms with van der Waals surface area (Å²) in [5, 5.41) is 0. The van der Waals surface area contributed by atoms with Gasteiger partial charge in [0.2, 0.25) is 0 Å². The van der Waals surface area contributed by atoms with E-state index in [9.17, 15) is 13.2 Å². The number of benzene rings is 3. The number of amides is 1. The molecule has 0 saturated carbocycles. The first-order valence-electron chi connectivity index (χ1n) is 9.76. The summed E-state index contributed by atoms with van der Waals surface area (Å²) >= 11 is 1.68. The minimum Gasteiger partial charge on any atom is -0.337 e. The molecule has 162 valence electrons. The molecular formula is C24H26N2O3S2. The van der Waals surface area contributed by atoms with Gasteiger partial charge in [-0.25, -0.2) is 8.42 Å². The van der Waals surface area contributed by atoms with Crippen molar-refractivity contribution in [2.24, 2.45) is 0 Å². The highest BCUT2D eigenvalue weighted by atomic mass is 32.2. The average Bonchev–Trinajstić information content (AvgIpc) is 2.79. The molecule has 0 atom stereocenters. The molecule has 0 saturated heterocycles. The molecule has 0 radical (unpaired) electrons. The molecular weight excluding hydrogens is 428 g/mol. The number of rotatable bonds is 7. The summed E-state index contributed by atoms with van der Waals surface area (Å²) in [5.41, 5.74) is 3.04. The first-order valence-corrected chi connectivity index (χ1v) is 12.4. The molecule has 0 fully saturated rings. The van der Waals surface area contributed by atoms with Crippen LogP contribution in [-0.2, 0) is 16.6 Å². The van der Waals surface area contributed by atoms with Crippen LogP contribution in [0.1, 0.15) is 21.5 Å². The molecule has 0 aliphatic rings. The second kappa shape index (κ2) is 9.58. The summed E-state index contributed by atoms with van der Waals surface area (Å²) in [4.78, 5) is 15.9. The van der Waals surface area contributed by atoms with Gasteiger partial charge in [0, 0.05) is 31.1 Å². The second-order valence-electron chi connectivity index (χ2n) is 7.34. The molecule has 0 heterocycles. The maximum Gasteiger partial charge on any atom is 0.264 e. The first-order chi connectivity index (χ1) is 14.7. The van der Waals surface area contributed by atoms with Crippen molar-refractivity contribution in [1.29, 1.82) is 0 Å². The number of anilines is 1. The van der Waals surface area contributed by atoms with E-state index < -0.39 is 10.0 Å². The van der Waals surface area contributed by atoms with Gasteiger partial charge in [0.15, 0.2) is 0 Å². The minimum absolute atomic E-state index is 0.121. The Morgan fingerprint density at radius 1 is 0.871 bits per heavy atom. The fourth-order valence-electron chi connectivity index (χ4n) is 3.12.